The molecule has 3 heteroatoms. The van der Waals surface area contributed by atoms with Gasteiger partial charge in [0.2, 0.25) is 0 Å². The van der Waals surface area contributed by atoms with E-state index in [1.807, 2.05) is 6.08 Å². The van der Waals surface area contributed by atoms with Crippen LogP contribution in [0.2, 0.25) is 0 Å². The van der Waals surface area contributed by atoms with Gasteiger partial charge in [-0.3, -0.25) is 0 Å². The summed E-state index contributed by atoms with van der Waals surface area (Å²) < 4.78 is 12.2. The molecule has 2 atom stereocenters. The Morgan fingerprint density at radius 3 is 2.50 bits per heavy atom. The molecule has 0 radical (unpaired) electrons. The van der Waals surface area contributed by atoms with Gasteiger partial charge < -0.3 is 9.16 Å². The molecule has 0 amide bonds. The number of rotatable bonds is 4. The van der Waals surface area contributed by atoms with Crippen LogP contribution >= 0.6 is 0 Å². The molecule has 0 spiro atoms. The zero-order chi connectivity index (χ0) is 14.0. The molecule has 2 nitrogen and oxygen atoms in total. The van der Waals surface area contributed by atoms with Crippen LogP contribution in [0.1, 0.15) is 53.9 Å². The lowest BCUT2D eigenvalue weighted by atomic mass is 9.58. The fourth-order valence-electron chi connectivity index (χ4n) is 3.42. The average molecular weight is 270 g/mol. The van der Waals surface area contributed by atoms with E-state index < -0.39 is 0 Å². The van der Waals surface area contributed by atoms with Gasteiger partial charge in [-0.25, -0.2) is 0 Å². The van der Waals surface area contributed by atoms with E-state index in [1.54, 1.807) is 0 Å². The van der Waals surface area contributed by atoms with E-state index in [4.69, 9.17) is 9.16 Å². The highest BCUT2D eigenvalue weighted by Crippen LogP contribution is 2.53. The maximum Gasteiger partial charge on any atom is 0.146 e. The van der Waals surface area contributed by atoms with Crippen molar-refractivity contribution in [1.29, 1.82) is 0 Å². The molecule has 0 saturated carbocycles. The summed E-state index contributed by atoms with van der Waals surface area (Å²) in [6.07, 6.45) is 5.52. The lowest BCUT2D eigenvalue weighted by Crippen LogP contribution is -2.63. The van der Waals surface area contributed by atoms with Crippen LogP contribution in [0, 0.1) is 10.8 Å². The number of hydrogen-bond acceptors (Lipinski definition) is 2. The second kappa shape index (κ2) is 5.47. The Labute approximate surface area is 116 Å². The topological polar surface area (TPSA) is 18.5 Å². The normalized spacial score (nSPS) is 32.4. The van der Waals surface area contributed by atoms with E-state index >= 15 is 0 Å². The second-order valence-corrected chi connectivity index (χ2v) is 7.77. The molecule has 0 aliphatic carbocycles. The summed E-state index contributed by atoms with van der Waals surface area (Å²) in [5.74, 6) is 0. The van der Waals surface area contributed by atoms with Crippen LogP contribution in [0.15, 0.2) is 12.7 Å². The van der Waals surface area contributed by atoms with Crippen LogP contribution in [0.3, 0.4) is 0 Å². The third kappa shape index (κ3) is 2.73. The van der Waals surface area contributed by atoms with E-state index in [2.05, 4.69) is 41.2 Å². The molecule has 0 N–H and O–H groups in total. The highest BCUT2D eigenvalue weighted by Gasteiger charge is 2.56. The SMILES string of the molecule is C=CC[C@H]1CCC(C)(C)[C@](CO[SiH3])(C(C)(C)C)O1. The van der Waals surface area contributed by atoms with Gasteiger partial charge in [0.25, 0.3) is 0 Å². The first-order valence-electron chi connectivity index (χ1n) is 6.98. The van der Waals surface area contributed by atoms with E-state index in [0.717, 1.165) is 23.3 Å². The molecular weight excluding hydrogens is 240 g/mol. The first kappa shape index (κ1) is 15.9. The summed E-state index contributed by atoms with van der Waals surface area (Å²) in [7, 11) is 0.764. The van der Waals surface area contributed by atoms with Gasteiger partial charge in [0.05, 0.1) is 12.7 Å². The third-order valence-corrected chi connectivity index (χ3v) is 4.83. The fraction of sp³-hybridized carbons (Fsp3) is 0.867. The molecule has 18 heavy (non-hydrogen) atoms. The lowest BCUT2D eigenvalue weighted by molar-refractivity contribution is -0.254. The van der Waals surface area contributed by atoms with Gasteiger partial charge in [0.1, 0.15) is 16.1 Å². The van der Waals surface area contributed by atoms with E-state index in [1.165, 1.54) is 6.42 Å². The molecule has 1 saturated heterocycles. The molecule has 1 fully saturated rings. The predicted octanol–water partition coefficient (Wildman–Crippen LogP) is 2.85. The van der Waals surface area contributed by atoms with Crippen molar-refractivity contribution in [3.05, 3.63) is 12.7 Å². The quantitative estimate of drug-likeness (QED) is 0.578. The smallest absolute Gasteiger partial charge is 0.146 e. The summed E-state index contributed by atoms with van der Waals surface area (Å²) in [5, 5.41) is 0. The van der Waals surface area contributed by atoms with Crippen LogP contribution in [-0.4, -0.2) is 28.8 Å². The zero-order valence-electron chi connectivity index (χ0n) is 13.0. The van der Waals surface area contributed by atoms with Gasteiger partial charge >= 0.3 is 0 Å². The van der Waals surface area contributed by atoms with E-state index in [9.17, 15) is 0 Å². The first-order valence-corrected chi connectivity index (χ1v) is 7.79. The highest BCUT2D eigenvalue weighted by molar-refractivity contribution is 5.98. The van der Waals surface area contributed by atoms with Crippen LogP contribution < -0.4 is 0 Å². The monoisotopic (exact) mass is 270 g/mol. The van der Waals surface area contributed by atoms with E-state index in [-0.39, 0.29) is 16.4 Å². The zero-order valence-corrected chi connectivity index (χ0v) is 15.0. The van der Waals surface area contributed by atoms with Crippen LogP contribution in [0.5, 0.6) is 0 Å². The molecular formula is C15H30O2Si. The van der Waals surface area contributed by atoms with Crippen molar-refractivity contribution < 1.29 is 9.16 Å². The van der Waals surface area contributed by atoms with Crippen LogP contribution in [-0.2, 0) is 9.16 Å². The van der Waals surface area contributed by atoms with Crippen molar-refractivity contribution in [2.24, 2.45) is 10.8 Å². The largest absolute Gasteiger partial charge is 0.425 e. The Kier molecular flexibility index (Phi) is 4.85. The summed E-state index contributed by atoms with van der Waals surface area (Å²) in [5.41, 5.74) is 0.0156. The van der Waals surface area contributed by atoms with Crippen molar-refractivity contribution in [2.75, 3.05) is 6.61 Å². The molecule has 106 valence electrons. The van der Waals surface area contributed by atoms with Crippen molar-refractivity contribution in [3.8, 4) is 0 Å². The Hall–Kier alpha value is -0.123. The minimum Gasteiger partial charge on any atom is -0.425 e. The summed E-state index contributed by atoms with van der Waals surface area (Å²) in [4.78, 5) is 0. The van der Waals surface area contributed by atoms with Crippen molar-refractivity contribution >= 4 is 10.5 Å². The Morgan fingerprint density at radius 2 is 2.06 bits per heavy atom. The minimum absolute atomic E-state index is 0.0702. The molecule has 0 bridgehead atoms. The molecule has 1 aliphatic rings. The van der Waals surface area contributed by atoms with Gasteiger partial charge in [0, 0.05) is 0 Å². The molecule has 1 heterocycles. The third-order valence-electron chi connectivity index (χ3n) is 4.54. The van der Waals surface area contributed by atoms with Gasteiger partial charge in [-0.05, 0) is 30.1 Å². The molecule has 0 unspecified atom stereocenters. The van der Waals surface area contributed by atoms with Crippen LogP contribution in [0.25, 0.3) is 0 Å². The Bertz CT molecular complexity index is 293. The standard InChI is InChI=1S/C15H30O2Si/c1-7-8-12-9-10-14(5,6)15(17-12,11-16-18)13(2,3)4/h7,12H,1,8-11H2,2-6,18H3/t12-,15-/m0/s1. The van der Waals surface area contributed by atoms with Gasteiger partial charge in [-0.1, -0.05) is 40.7 Å². The van der Waals surface area contributed by atoms with Gasteiger partial charge in [-0.2, -0.15) is 0 Å². The average Bonchev–Trinajstić information content (AvgIpc) is 2.22. The minimum atomic E-state index is -0.201. The van der Waals surface area contributed by atoms with E-state index in [0.29, 0.717) is 12.7 Å². The first-order chi connectivity index (χ1) is 8.20. The lowest BCUT2D eigenvalue weighted by Gasteiger charge is -2.58. The Balaban J connectivity index is 3.10. The predicted molar refractivity (Wildman–Crippen MR) is 80.8 cm³/mol. The van der Waals surface area contributed by atoms with Crippen LogP contribution in [0.4, 0.5) is 0 Å². The van der Waals surface area contributed by atoms with Gasteiger partial charge in [-0.15, -0.1) is 6.58 Å². The molecule has 0 aromatic rings. The summed E-state index contributed by atoms with van der Waals surface area (Å²) in [6, 6.07) is 0. The molecule has 0 aromatic heterocycles. The fourth-order valence-corrected chi connectivity index (χ4v) is 3.83. The summed E-state index contributed by atoms with van der Waals surface area (Å²) >= 11 is 0. The highest BCUT2D eigenvalue weighted by atomic mass is 28.2. The van der Waals surface area contributed by atoms with Crippen molar-refractivity contribution in [2.45, 2.75) is 65.6 Å². The van der Waals surface area contributed by atoms with Crippen molar-refractivity contribution in [1.82, 2.24) is 0 Å². The number of hydrogen-bond donors (Lipinski definition) is 0. The Morgan fingerprint density at radius 1 is 1.44 bits per heavy atom. The maximum absolute atomic E-state index is 6.56. The number of ether oxygens (including phenoxy) is 1. The summed E-state index contributed by atoms with van der Waals surface area (Å²) in [6.45, 7) is 16.0. The second-order valence-electron chi connectivity index (χ2n) is 7.20. The van der Waals surface area contributed by atoms with Gasteiger partial charge in [0.15, 0.2) is 0 Å². The maximum atomic E-state index is 6.56. The molecule has 1 rings (SSSR count). The van der Waals surface area contributed by atoms with Crippen molar-refractivity contribution in [3.63, 3.8) is 0 Å². The molecule has 0 aromatic carbocycles. The molecule has 1 aliphatic heterocycles.